The van der Waals surface area contributed by atoms with Crippen LogP contribution in [0.25, 0.3) is 10.9 Å². The van der Waals surface area contributed by atoms with Crippen molar-refractivity contribution in [2.24, 2.45) is 0 Å². The first kappa shape index (κ1) is 16.8. The lowest BCUT2D eigenvalue weighted by molar-refractivity contribution is 0.0411. The van der Waals surface area contributed by atoms with Crippen molar-refractivity contribution in [3.8, 4) is 5.75 Å². The second-order valence-electron chi connectivity index (χ2n) is 7.89. The van der Waals surface area contributed by atoms with Crippen LogP contribution in [-0.4, -0.2) is 46.5 Å². The van der Waals surface area contributed by atoms with Gasteiger partial charge in [-0.05, 0) is 61.7 Å². The number of ether oxygens (including phenoxy) is 1. The zero-order valence-electron chi connectivity index (χ0n) is 15.6. The van der Waals surface area contributed by atoms with Gasteiger partial charge >= 0.3 is 0 Å². The summed E-state index contributed by atoms with van der Waals surface area (Å²) < 4.78 is 5.36. The van der Waals surface area contributed by atoms with Crippen LogP contribution in [-0.2, 0) is 18.4 Å². The summed E-state index contributed by atoms with van der Waals surface area (Å²) in [5, 5.41) is 19.6. The number of hydrogen-bond donors (Lipinski definition) is 2. The Morgan fingerprint density at radius 1 is 1.22 bits per heavy atom. The molecule has 1 spiro atoms. The minimum absolute atomic E-state index is 0.0631. The number of benzene rings is 2. The zero-order valence-corrected chi connectivity index (χ0v) is 15.6. The molecular formula is C22H25N3O2. The number of aromatic amines is 1. The highest BCUT2D eigenvalue weighted by molar-refractivity contribution is 5.82. The average molecular weight is 363 g/mol. The summed E-state index contributed by atoms with van der Waals surface area (Å²) in [6.45, 7) is 2.81. The molecule has 5 nitrogen and oxygen atoms in total. The maximum atomic E-state index is 10.8. The monoisotopic (exact) mass is 363 g/mol. The fourth-order valence-corrected chi connectivity index (χ4v) is 4.99. The molecule has 1 aliphatic heterocycles. The normalized spacial score (nSPS) is 21.6. The maximum Gasteiger partial charge on any atom is 0.119 e. The van der Waals surface area contributed by atoms with Gasteiger partial charge in [-0.1, -0.05) is 24.3 Å². The number of aliphatic hydroxyl groups is 1. The summed E-state index contributed by atoms with van der Waals surface area (Å²) in [5.41, 5.74) is 4.73. The summed E-state index contributed by atoms with van der Waals surface area (Å²) in [5.74, 6) is 0.855. The molecule has 0 radical (unpaired) electrons. The Morgan fingerprint density at radius 3 is 2.85 bits per heavy atom. The van der Waals surface area contributed by atoms with Crippen LogP contribution in [0.3, 0.4) is 0 Å². The van der Waals surface area contributed by atoms with Gasteiger partial charge in [0.2, 0.25) is 0 Å². The van der Waals surface area contributed by atoms with Crippen molar-refractivity contribution in [3.63, 3.8) is 0 Å². The number of aliphatic hydroxyl groups excluding tert-OH is 1. The second kappa shape index (κ2) is 6.36. The number of rotatable bonds is 3. The Labute approximate surface area is 159 Å². The van der Waals surface area contributed by atoms with Crippen LogP contribution in [0.15, 0.2) is 42.5 Å². The Kier molecular flexibility index (Phi) is 3.95. The number of piperidine rings is 1. The molecule has 27 heavy (non-hydrogen) atoms. The molecule has 5 rings (SSSR count). The molecule has 3 aromatic rings. The number of likely N-dealkylation sites (tertiary alicyclic amines) is 1. The van der Waals surface area contributed by atoms with Gasteiger partial charge in [-0.3, -0.25) is 10.00 Å². The number of hydrogen-bond acceptors (Lipinski definition) is 4. The van der Waals surface area contributed by atoms with Crippen LogP contribution in [0.5, 0.6) is 5.75 Å². The molecule has 0 saturated carbocycles. The minimum Gasteiger partial charge on any atom is -0.497 e. The van der Waals surface area contributed by atoms with E-state index in [1.807, 2.05) is 12.1 Å². The number of aromatic nitrogens is 2. The third-order valence-corrected chi connectivity index (χ3v) is 6.58. The van der Waals surface area contributed by atoms with E-state index in [9.17, 15) is 5.11 Å². The number of methoxy groups -OCH3 is 1. The van der Waals surface area contributed by atoms with Crippen LogP contribution in [0, 0.1) is 0 Å². The number of nitrogens with zero attached hydrogens (tertiary/aromatic N) is 2. The molecular weight excluding hydrogens is 338 g/mol. The van der Waals surface area contributed by atoms with Crippen LogP contribution in [0.4, 0.5) is 0 Å². The largest absolute Gasteiger partial charge is 0.497 e. The van der Waals surface area contributed by atoms with Gasteiger partial charge in [-0.25, -0.2) is 0 Å². The average Bonchev–Trinajstić information content (AvgIpc) is 3.22. The van der Waals surface area contributed by atoms with Gasteiger partial charge in [0.15, 0.2) is 0 Å². The molecule has 0 bridgehead atoms. The molecule has 5 heteroatoms. The van der Waals surface area contributed by atoms with E-state index in [4.69, 9.17) is 4.74 Å². The van der Waals surface area contributed by atoms with Gasteiger partial charge < -0.3 is 9.84 Å². The molecule has 1 fully saturated rings. The summed E-state index contributed by atoms with van der Waals surface area (Å²) in [6.07, 6.45) is 2.54. The molecule has 140 valence electrons. The second-order valence-corrected chi connectivity index (χ2v) is 7.89. The van der Waals surface area contributed by atoms with Crippen molar-refractivity contribution in [1.82, 2.24) is 15.1 Å². The Balaban J connectivity index is 1.35. The van der Waals surface area contributed by atoms with Crippen molar-refractivity contribution in [3.05, 3.63) is 59.3 Å². The summed E-state index contributed by atoms with van der Waals surface area (Å²) in [4.78, 5) is 2.46. The van der Waals surface area contributed by atoms with Gasteiger partial charge in [0, 0.05) is 17.3 Å². The predicted octanol–water partition coefficient (Wildman–Crippen LogP) is 3.02. The van der Waals surface area contributed by atoms with Crippen molar-refractivity contribution in [2.75, 3.05) is 20.2 Å². The molecule has 2 N–H and O–H groups in total. The van der Waals surface area contributed by atoms with Gasteiger partial charge in [-0.15, -0.1) is 0 Å². The molecule has 1 aliphatic carbocycles. The number of fused-ring (bicyclic) bond motifs is 3. The molecule has 1 aromatic heterocycles. The first-order valence-corrected chi connectivity index (χ1v) is 9.69. The number of H-pyrrole nitrogens is 1. The van der Waals surface area contributed by atoms with E-state index in [-0.39, 0.29) is 11.5 Å². The lowest BCUT2D eigenvalue weighted by Gasteiger charge is -2.42. The van der Waals surface area contributed by atoms with Crippen LogP contribution in [0.2, 0.25) is 0 Å². The van der Waals surface area contributed by atoms with E-state index in [2.05, 4.69) is 45.4 Å². The Bertz CT molecular complexity index is 973. The quantitative estimate of drug-likeness (QED) is 0.751. The van der Waals surface area contributed by atoms with Gasteiger partial charge in [0.1, 0.15) is 5.75 Å². The van der Waals surface area contributed by atoms with Crippen molar-refractivity contribution in [1.29, 1.82) is 0 Å². The molecule has 0 amide bonds. The molecule has 2 aromatic carbocycles. The predicted molar refractivity (Wildman–Crippen MR) is 105 cm³/mol. The van der Waals surface area contributed by atoms with Crippen molar-refractivity contribution >= 4 is 10.9 Å². The zero-order chi connectivity index (χ0) is 18.4. The lowest BCUT2D eigenvalue weighted by atomic mass is 9.72. The van der Waals surface area contributed by atoms with Gasteiger partial charge in [0.05, 0.1) is 24.4 Å². The lowest BCUT2D eigenvalue weighted by Crippen LogP contribution is -2.47. The highest BCUT2D eigenvalue weighted by atomic mass is 16.5. The third kappa shape index (κ3) is 2.65. The summed E-state index contributed by atoms with van der Waals surface area (Å²) >= 11 is 0. The highest BCUT2D eigenvalue weighted by Gasteiger charge is 2.47. The molecule has 1 atom stereocenters. The molecule has 2 aliphatic rings. The SMILES string of the molecule is COc1ccc2n[nH]c(CN3CCC4(CC3)c3ccccc3C[C@@H]4O)c2c1. The van der Waals surface area contributed by atoms with E-state index in [1.54, 1.807) is 7.11 Å². The molecule has 0 unspecified atom stereocenters. The minimum atomic E-state index is -0.255. The number of nitrogens with one attached hydrogen (secondary N) is 1. The smallest absolute Gasteiger partial charge is 0.119 e. The first-order valence-electron chi connectivity index (χ1n) is 9.69. The third-order valence-electron chi connectivity index (χ3n) is 6.58. The van der Waals surface area contributed by atoms with E-state index in [0.717, 1.165) is 61.2 Å². The molecule has 1 saturated heterocycles. The van der Waals surface area contributed by atoms with E-state index in [1.165, 1.54) is 11.1 Å². The van der Waals surface area contributed by atoms with Gasteiger partial charge in [0.25, 0.3) is 0 Å². The van der Waals surface area contributed by atoms with E-state index < -0.39 is 0 Å². The fraction of sp³-hybridized carbons (Fsp3) is 0.409. The topological polar surface area (TPSA) is 61.4 Å². The van der Waals surface area contributed by atoms with Crippen LogP contribution in [0.1, 0.15) is 29.7 Å². The standard InChI is InChI=1S/C22H25N3O2/c1-27-16-6-7-19-17(13-16)20(24-23-19)14-25-10-8-22(9-11-25)18-5-3-2-4-15(18)12-21(22)26/h2-7,13,21,26H,8-12,14H2,1H3,(H,23,24)/t21-/m0/s1. The van der Waals surface area contributed by atoms with Crippen molar-refractivity contribution < 1.29 is 9.84 Å². The summed E-state index contributed by atoms with van der Waals surface area (Å²) in [7, 11) is 1.69. The Hall–Kier alpha value is -2.37. The fourth-order valence-electron chi connectivity index (χ4n) is 4.99. The Morgan fingerprint density at radius 2 is 2.04 bits per heavy atom. The highest BCUT2D eigenvalue weighted by Crippen LogP contribution is 2.46. The van der Waals surface area contributed by atoms with Crippen LogP contribution >= 0.6 is 0 Å². The molecule has 2 heterocycles. The van der Waals surface area contributed by atoms with Gasteiger partial charge in [-0.2, -0.15) is 5.10 Å². The van der Waals surface area contributed by atoms with E-state index >= 15 is 0 Å². The van der Waals surface area contributed by atoms with E-state index in [0.29, 0.717) is 0 Å². The maximum absolute atomic E-state index is 10.8. The summed E-state index contributed by atoms with van der Waals surface area (Å²) in [6, 6.07) is 14.6. The van der Waals surface area contributed by atoms with Crippen molar-refractivity contribution in [2.45, 2.75) is 37.3 Å². The van der Waals surface area contributed by atoms with Crippen LogP contribution < -0.4 is 4.74 Å². The first-order chi connectivity index (χ1) is 13.2.